The van der Waals surface area contributed by atoms with Gasteiger partial charge in [0.25, 0.3) is 11.5 Å². The molecule has 1 aromatic carbocycles. The Labute approximate surface area is 181 Å². The van der Waals surface area contributed by atoms with E-state index in [2.05, 4.69) is 15.1 Å². The molecule has 1 unspecified atom stereocenters. The van der Waals surface area contributed by atoms with E-state index in [1.165, 1.54) is 31.2 Å². The molecule has 9 nitrogen and oxygen atoms in total. The van der Waals surface area contributed by atoms with Crippen molar-refractivity contribution in [1.29, 1.82) is 0 Å². The van der Waals surface area contributed by atoms with Crippen molar-refractivity contribution < 1.29 is 18.4 Å². The number of carbonyl (C=O) groups is 2. The van der Waals surface area contributed by atoms with Crippen LogP contribution in [-0.4, -0.2) is 75.4 Å². The van der Waals surface area contributed by atoms with Gasteiger partial charge in [0.15, 0.2) is 0 Å². The van der Waals surface area contributed by atoms with Crippen molar-refractivity contribution in [2.24, 2.45) is 9.98 Å². The van der Waals surface area contributed by atoms with Crippen molar-refractivity contribution in [3.8, 4) is 11.3 Å². The largest absolute Gasteiger partial charge is 0.338 e. The molecule has 2 aliphatic heterocycles. The molecule has 3 heterocycles. The number of hydrogen-bond acceptors (Lipinski definition) is 6. The minimum Gasteiger partial charge on any atom is -0.338 e. The van der Waals surface area contributed by atoms with E-state index in [-0.39, 0.29) is 29.9 Å². The average Bonchev–Trinajstić information content (AvgIpc) is 2.79. The van der Waals surface area contributed by atoms with Crippen LogP contribution >= 0.6 is 0 Å². The van der Waals surface area contributed by atoms with Gasteiger partial charge in [0.05, 0.1) is 11.4 Å². The zero-order valence-corrected chi connectivity index (χ0v) is 17.2. The Hall–Kier alpha value is -3.76. The van der Waals surface area contributed by atoms with Crippen molar-refractivity contribution in [2.75, 3.05) is 26.2 Å². The summed E-state index contributed by atoms with van der Waals surface area (Å²) in [5, 5.41) is 4.23. The molecule has 0 aliphatic carbocycles. The van der Waals surface area contributed by atoms with E-state index >= 15 is 0 Å². The SMILES string of the molecule is CC1=NC(N2CCN(C(=O)Cn3nc(-c4ccc(F)cc4)ccc3=O)CC2)=NC(=O)C1F. The highest BCUT2D eigenvalue weighted by Crippen LogP contribution is 2.16. The van der Waals surface area contributed by atoms with Gasteiger partial charge in [-0.25, -0.2) is 18.5 Å². The van der Waals surface area contributed by atoms with E-state index in [9.17, 15) is 23.2 Å². The second-order valence-corrected chi connectivity index (χ2v) is 7.45. The van der Waals surface area contributed by atoms with Crippen molar-refractivity contribution in [1.82, 2.24) is 19.6 Å². The lowest BCUT2D eigenvalue weighted by molar-refractivity contribution is -0.133. The summed E-state index contributed by atoms with van der Waals surface area (Å²) in [7, 11) is 0. The Morgan fingerprint density at radius 1 is 1.03 bits per heavy atom. The average molecular weight is 442 g/mol. The van der Waals surface area contributed by atoms with Crippen LogP contribution in [0.1, 0.15) is 6.92 Å². The predicted octanol–water partition coefficient (Wildman–Crippen LogP) is 0.889. The topological polar surface area (TPSA) is 100 Å². The number of halogens is 2. The zero-order chi connectivity index (χ0) is 22.8. The van der Waals surface area contributed by atoms with Crippen molar-refractivity contribution in [3.63, 3.8) is 0 Å². The highest BCUT2D eigenvalue weighted by molar-refractivity contribution is 6.16. The van der Waals surface area contributed by atoms with Crippen LogP contribution in [0.15, 0.2) is 51.2 Å². The number of carbonyl (C=O) groups excluding carboxylic acids is 2. The van der Waals surface area contributed by atoms with E-state index in [0.29, 0.717) is 37.4 Å². The van der Waals surface area contributed by atoms with Gasteiger partial charge >= 0.3 is 0 Å². The Morgan fingerprint density at radius 2 is 1.72 bits per heavy atom. The Bertz CT molecular complexity index is 1170. The molecule has 0 N–H and O–H groups in total. The fourth-order valence-corrected chi connectivity index (χ4v) is 3.44. The van der Waals surface area contributed by atoms with Crippen LogP contribution in [0.3, 0.4) is 0 Å². The lowest BCUT2D eigenvalue weighted by Crippen LogP contribution is -2.52. The van der Waals surface area contributed by atoms with E-state index in [1.54, 1.807) is 21.9 Å². The molecule has 11 heteroatoms. The number of aliphatic imine (C=N–C) groups is 2. The summed E-state index contributed by atoms with van der Waals surface area (Å²) in [5.41, 5.74) is 0.700. The fraction of sp³-hybridized carbons (Fsp3) is 0.333. The maximum atomic E-state index is 13.6. The molecule has 1 saturated heterocycles. The second kappa shape index (κ2) is 8.77. The minimum absolute atomic E-state index is 0.0602. The summed E-state index contributed by atoms with van der Waals surface area (Å²) in [6.45, 7) is 2.57. The number of piperazine rings is 1. The number of benzene rings is 1. The number of alkyl halides is 1. The maximum absolute atomic E-state index is 13.6. The van der Waals surface area contributed by atoms with Crippen LogP contribution in [0.5, 0.6) is 0 Å². The summed E-state index contributed by atoms with van der Waals surface area (Å²) < 4.78 is 27.8. The smallest absolute Gasteiger partial charge is 0.289 e. The molecule has 0 bridgehead atoms. The van der Waals surface area contributed by atoms with E-state index in [4.69, 9.17) is 0 Å². The number of rotatable bonds is 3. The van der Waals surface area contributed by atoms with Gasteiger partial charge in [-0.3, -0.25) is 14.4 Å². The molecule has 32 heavy (non-hydrogen) atoms. The monoisotopic (exact) mass is 442 g/mol. The number of nitrogens with zero attached hydrogens (tertiary/aromatic N) is 6. The highest BCUT2D eigenvalue weighted by Gasteiger charge is 2.30. The molecule has 2 amide bonds. The van der Waals surface area contributed by atoms with Gasteiger partial charge in [0.1, 0.15) is 12.4 Å². The highest BCUT2D eigenvalue weighted by atomic mass is 19.1. The third kappa shape index (κ3) is 4.46. The molecule has 166 valence electrons. The van der Waals surface area contributed by atoms with Gasteiger partial charge < -0.3 is 9.80 Å². The molecule has 1 aromatic heterocycles. The van der Waals surface area contributed by atoms with Crippen LogP contribution in [0.2, 0.25) is 0 Å². The quantitative estimate of drug-likeness (QED) is 0.703. The molecule has 4 rings (SSSR count). The lowest BCUT2D eigenvalue weighted by atomic mass is 10.1. The van der Waals surface area contributed by atoms with Crippen LogP contribution in [0.25, 0.3) is 11.3 Å². The fourth-order valence-electron chi connectivity index (χ4n) is 3.44. The maximum Gasteiger partial charge on any atom is 0.289 e. The molecule has 2 aromatic rings. The molecular formula is C21H20F2N6O3. The molecular weight excluding hydrogens is 422 g/mol. The van der Waals surface area contributed by atoms with Crippen LogP contribution in [-0.2, 0) is 16.1 Å². The first kappa shape index (κ1) is 21.5. The molecule has 1 atom stereocenters. The first-order valence-corrected chi connectivity index (χ1v) is 10.0. The van der Waals surface area contributed by atoms with Crippen LogP contribution in [0, 0.1) is 5.82 Å². The van der Waals surface area contributed by atoms with Crippen LogP contribution < -0.4 is 5.56 Å². The third-order valence-electron chi connectivity index (χ3n) is 5.28. The van der Waals surface area contributed by atoms with E-state index in [1.807, 2.05) is 0 Å². The van der Waals surface area contributed by atoms with Gasteiger partial charge in [0.2, 0.25) is 18.0 Å². The third-order valence-corrected chi connectivity index (χ3v) is 5.28. The molecule has 1 fully saturated rings. The van der Waals surface area contributed by atoms with Gasteiger partial charge in [0, 0.05) is 37.8 Å². The van der Waals surface area contributed by atoms with E-state index < -0.39 is 17.6 Å². The number of hydrogen-bond donors (Lipinski definition) is 0. The predicted molar refractivity (Wildman–Crippen MR) is 112 cm³/mol. The van der Waals surface area contributed by atoms with Crippen molar-refractivity contribution in [2.45, 2.75) is 19.6 Å². The van der Waals surface area contributed by atoms with Gasteiger partial charge in [-0.15, -0.1) is 0 Å². The summed E-state index contributed by atoms with van der Waals surface area (Å²) in [6, 6.07) is 8.50. The Kier molecular flexibility index (Phi) is 5.89. The van der Waals surface area contributed by atoms with E-state index in [0.717, 1.165) is 4.68 Å². The number of aromatic nitrogens is 2. The molecule has 0 saturated carbocycles. The van der Waals surface area contributed by atoms with Crippen LogP contribution in [0.4, 0.5) is 8.78 Å². The molecule has 0 spiro atoms. The summed E-state index contributed by atoms with van der Waals surface area (Å²) in [4.78, 5) is 47.6. The first-order valence-electron chi connectivity index (χ1n) is 10.0. The lowest BCUT2D eigenvalue weighted by Gasteiger charge is -2.35. The molecule has 2 aliphatic rings. The normalized spacial score (nSPS) is 19.0. The van der Waals surface area contributed by atoms with Gasteiger partial charge in [-0.05, 0) is 37.3 Å². The van der Waals surface area contributed by atoms with Crippen molar-refractivity contribution >= 4 is 23.5 Å². The minimum atomic E-state index is -1.81. The summed E-state index contributed by atoms with van der Waals surface area (Å²) in [6.07, 6.45) is -1.81. The standard InChI is InChI=1S/C21H20F2N6O3/c1-13-19(23)20(32)25-21(24-13)28-10-8-27(9-11-28)18(31)12-29-17(30)7-6-16(26-29)14-2-4-15(22)5-3-14/h2-7,19H,8-12H2,1H3. The Morgan fingerprint density at radius 3 is 2.38 bits per heavy atom. The summed E-state index contributed by atoms with van der Waals surface area (Å²) in [5.74, 6) is -1.40. The Balaban J connectivity index is 1.41. The number of amides is 2. The zero-order valence-electron chi connectivity index (χ0n) is 17.2. The van der Waals surface area contributed by atoms with Gasteiger partial charge in [-0.2, -0.15) is 10.1 Å². The van der Waals surface area contributed by atoms with Gasteiger partial charge in [-0.1, -0.05) is 0 Å². The second-order valence-electron chi connectivity index (χ2n) is 7.45. The number of guanidine groups is 1. The first-order chi connectivity index (χ1) is 15.3. The summed E-state index contributed by atoms with van der Waals surface area (Å²) >= 11 is 0. The van der Waals surface area contributed by atoms with Crippen molar-refractivity contribution in [3.05, 3.63) is 52.6 Å². The molecule has 0 radical (unpaired) electrons.